The number of aromatic nitrogens is 2. The van der Waals surface area contributed by atoms with Gasteiger partial charge in [-0.2, -0.15) is 4.98 Å². The van der Waals surface area contributed by atoms with Crippen molar-refractivity contribution in [2.24, 2.45) is 11.7 Å². The van der Waals surface area contributed by atoms with Gasteiger partial charge in [-0.25, -0.2) is 4.98 Å². The molecule has 1 aromatic heterocycles. The first-order valence-electron chi connectivity index (χ1n) is 5.75. The monoisotopic (exact) mass is 223 g/mol. The zero-order valence-electron chi connectivity index (χ0n) is 10.5. The lowest BCUT2D eigenvalue weighted by molar-refractivity contribution is 0.324. The van der Waals surface area contributed by atoms with E-state index in [0.29, 0.717) is 18.4 Å². The third-order valence-electron chi connectivity index (χ3n) is 2.46. The van der Waals surface area contributed by atoms with E-state index < -0.39 is 0 Å². The summed E-state index contributed by atoms with van der Waals surface area (Å²) < 4.78 is 5.38. The maximum atomic E-state index is 6.02. The Morgan fingerprint density at radius 1 is 1.38 bits per heavy atom. The van der Waals surface area contributed by atoms with E-state index in [9.17, 15) is 0 Å². The van der Waals surface area contributed by atoms with Crippen molar-refractivity contribution in [1.29, 1.82) is 0 Å². The normalized spacial score (nSPS) is 12.9. The second-order valence-corrected chi connectivity index (χ2v) is 4.29. The molecule has 4 heteroatoms. The number of nitrogens with zero attached hydrogens (tertiary/aromatic N) is 2. The summed E-state index contributed by atoms with van der Waals surface area (Å²) >= 11 is 0. The average Bonchev–Trinajstić information content (AvgIpc) is 2.16. The smallest absolute Gasteiger partial charge is 0.216 e. The van der Waals surface area contributed by atoms with Gasteiger partial charge in [-0.05, 0) is 19.8 Å². The van der Waals surface area contributed by atoms with Crippen molar-refractivity contribution in [3.8, 4) is 5.88 Å². The van der Waals surface area contributed by atoms with Crippen LogP contribution in [0.25, 0.3) is 0 Å². The summed E-state index contributed by atoms with van der Waals surface area (Å²) in [4.78, 5) is 8.57. The molecule has 0 aliphatic rings. The molecule has 0 amide bonds. The largest absolute Gasteiger partial charge is 0.478 e. The minimum atomic E-state index is 0.128. The Balaban J connectivity index is 2.79. The van der Waals surface area contributed by atoms with E-state index in [4.69, 9.17) is 10.5 Å². The van der Waals surface area contributed by atoms with Crippen molar-refractivity contribution in [3.05, 3.63) is 17.6 Å². The van der Waals surface area contributed by atoms with E-state index in [-0.39, 0.29) is 6.04 Å². The second-order valence-electron chi connectivity index (χ2n) is 4.29. The molecule has 90 valence electrons. The fourth-order valence-corrected chi connectivity index (χ4v) is 1.40. The fourth-order valence-electron chi connectivity index (χ4n) is 1.40. The second kappa shape index (κ2) is 5.80. The van der Waals surface area contributed by atoms with Gasteiger partial charge in [-0.15, -0.1) is 0 Å². The summed E-state index contributed by atoms with van der Waals surface area (Å²) in [7, 11) is 0. The van der Waals surface area contributed by atoms with Crippen molar-refractivity contribution in [1.82, 2.24) is 9.97 Å². The van der Waals surface area contributed by atoms with Gasteiger partial charge in [0.25, 0.3) is 0 Å². The standard InChI is InChI=1S/C12H21N3O/c1-5-16-12-7-10(14-9(4)15-12)6-11(13)8(2)3/h7-8,11H,5-6,13H2,1-4H3. The van der Waals surface area contributed by atoms with Crippen LogP contribution >= 0.6 is 0 Å². The molecule has 0 aliphatic carbocycles. The molecule has 0 spiro atoms. The third-order valence-corrected chi connectivity index (χ3v) is 2.46. The first kappa shape index (κ1) is 12.9. The van der Waals surface area contributed by atoms with Gasteiger partial charge in [-0.3, -0.25) is 0 Å². The van der Waals surface area contributed by atoms with E-state index in [1.165, 1.54) is 0 Å². The minimum absolute atomic E-state index is 0.128. The molecular formula is C12H21N3O. The Hall–Kier alpha value is -1.16. The van der Waals surface area contributed by atoms with Gasteiger partial charge in [0.2, 0.25) is 5.88 Å². The summed E-state index contributed by atoms with van der Waals surface area (Å²) in [6.07, 6.45) is 0.765. The summed E-state index contributed by atoms with van der Waals surface area (Å²) in [5, 5.41) is 0. The molecule has 0 fully saturated rings. The van der Waals surface area contributed by atoms with E-state index in [1.807, 2.05) is 19.9 Å². The zero-order valence-corrected chi connectivity index (χ0v) is 10.5. The number of nitrogens with two attached hydrogens (primary N) is 1. The maximum absolute atomic E-state index is 6.02. The SMILES string of the molecule is CCOc1cc(CC(N)C(C)C)nc(C)n1. The highest BCUT2D eigenvalue weighted by Crippen LogP contribution is 2.12. The van der Waals surface area contributed by atoms with Gasteiger partial charge in [0.1, 0.15) is 5.82 Å². The van der Waals surface area contributed by atoms with Crippen LogP contribution in [-0.4, -0.2) is 22.6 Å². The summed E-state index contributed by atoms with van der Waals surface area (Å²) in [6.45, 7) is 8.65. The van der Waals surface area contributed by atoms with Gasteiger partial charge in [-0.1, -0.05) is 13.8 Å². The summed E-state index contributed by atoms with van der Waals surface area (Å²) in [5.41, 5.74) is 6.98. The molecular weight excluding hydrogens is 202 g/mol. The number of ether oxygens (including phenoxy) is 1. The number of rotatable bonds is 5. The van der Waals surface area contributed by atoms with Crippen LogP contribution in [0.5, 0.6) is 5.88 Å². The molecule has 0 bridgehead atoms. The Labute approximate surface area is 97.2 Å². The predicted molar refractivity (Wildman–Crippen MR) is 64.5 cm³/mol. The van der Waals surface area contributed by atoms with Crippen LogP contribution < -0.4 is 10.5 Å². The zero-order chi connectivity index (χ0) is 12.1. The van der Waals surface area contributed by atoms with Crippen LogP contribution in [0.4, 0.5) is 0 Å². The molecule has 16 heavy (non-hydrogen) atoms. The predicted octanol–water partition coefficient (Wildman–Crippen LogP) is 1.71. The van der Waals surface area contributed by atoms with Crippen LogP contribution in [0.2, 0.25) is 0 Å². The van der Waals surface area contributed by atoms with E-state index in [2.05, 4.69) is 23.8 Å². The van der Waals surface area contributed by atoms with Crippen molar-refractivity contribution in [2.45, 2.75) is 40.2 Å². The van der Waals surface area contributed by atoms with Crippen LogP contribution in [0.1, 0.15) is 32.3 Å². The lowest BCUT2D eigenvalue weighted by atomic mass is 10.0. The minimum Gasteiger partial charge on any atom is -0.478 e. The van der Waals surface area contributed by atoms with Crippen LogP contribution in [0.15, 0.2) is 6.07 Å². The van der Waals surface area contributed by atoms with Crippen LogP contribution in [0, 0.1) is 12.8 Å². The first-order valence-corrected chi connectivity index (χ1v) is 5.75. The molecule has 4 nitrogen and oxygen atoms in total. The Morgan fingerprint density at radius 3 is 2.62 bits per heavy atom. The molecule has 0 aromatic carbocycles. The van der Waals surface area contributed by atoms with Gasteiger partial charge in [0.05, 0.1) is 6.61 Å². The van der Waals surface area contributed by atoms with Gasteiger partial charge < -0.3 is 10.5 Å². The number of aryl methyl sites for hydroxylation is 1. The summed E-state index contributed by atoms with van der Waals surface area (Å²) in [6, 6.07) is 2.00. The Morgan fingerprint density at radius 2 is 2.06 bits per heavy atom. The van der Waals surface area contributed by atoms with Gasteiger partial charge >= 0.3 is 0 Å². The van der Waals surface area contributed by atoms with Crippen LogP contribution in [0.3, 0.4) is 0 Å². The first-order chi connectivity index (χ1) is 7.52. The quantitative estimate of drug-likeness (QED) is 0.825. The average molecular weight is 223 g/mol. The van der Waals surface area contributed by atoms with E-state index >= 15 is 0 Å². The molecule has 1 rings (SSSR count). The van der Waals surface area contributed by atoms with E-state index in [0.717, 1.165) is 17.9 Å². The van der Waals surface area contributed by atoms with E-state index in [1.54, 1.807) is 0 Å². The fraction of sp³-hybridized carbons (Fsp3) is 0.667. The Bertz CT molecular complexity index is 339. The molecule has 1 aromatic rings. The maximum Gasteiger partial charge on any atom is 0.216 e. The highest BCUT2D eigenvalue weighted by molar-refractivity contribution is 5.17. The lowest BCUT2D eigenvalue weighted by Crippen LogP contribution is -2.29. The molecule has 2 N–H and O–H groups in total. The molecule has 0 saturated heterocycles. The molecule has 1 unspecified atom stereocenters. The molecule has 1 atom stereocenters. The van der Waals surface area contributed by atoms with Gasteiger partial charge in [0.15, 0.2) is 0 Å². The lowest BCUT2D eigenvalue weighted by Gasteiger charge is -2.15. The summed E-state index contributed by atoms with van der Waals surface area (Å²) in [5.74, 6) is 1.82. The van der Waals surface area contributed by atoms with Crippen molar-refractivity contribution in [3.63, 3.8) is 0 Å². The molecule has 0 radical (unpaired) electrons. The highest BCUT2D eigenvalue weighted by Gasteiger charge is 2.11. The van der Waals surface area contributed by atoms with Crippen LogP contribution in [-0.2, 0) is 6.42 Å². The number of hydrogen-bond acceptors (Lipinski definition) is 4. The highest BCUT2D eigenvalue weighted by atomic mass is 16.5. The molecule has 0 aliphatic heterocycles. The van der Waals surface area contributed by atoms with Crippen molar-refractivity contribution >= 4 is 0 Å². The van der Waals surface area contributed by atoms with Crippen molar-refractivity contribution in [2.75, 3.05) is 6.61 Å². The number of hydrogen-bond donors (Lipinski definition) is 1. The van der Waals surface area contributed by atoms with Gasteiger partial charge in [0, 0.05) is 24.2 Å². The Kier molecular flexibility index (Phi) is 4.68. The topological polar surface area (TPSA) is 61.0 Å². The molecule has 1 heterocycles. The van der Waals surface area contributed by atoms with Crippen molar-refractivity contribution < 1.29 is 4.74 Å². The molecule has 0 saturated carbocycles. The third kappa shape index (κ3) is 3.77.